The van der Waals surface area contributed by atoms with Gasteiger partial charge in [-0.25, -0.2) is 19.4 Å². The number of amides is 6. The maximum absolute atomic E-state index is 12.8. The molecule has 4 atom stereocenters. The van der Waals surface area contributed by atoms with Crippen molar-refractivity contribution in [1.82, 2.24) is 20.7 Å². The standard InChI is InChI=1S/C22H29N5O9/c1-5-34-20(31)16-15(36-16)19(30)27(21(23)32)26(4)18(29)13(3)24-17(28)12(2)25-22(33)35-11-14-9-7-6-8-10-14/h6-10,12-13,15-16H,5,11H2,1-4H3,(H2,23,32)(H,24,28)(H,25,33)/t12-,13-,15+,16+/m0/s1. The molecule has 6 amide bonds. The Labute approximate surface area is 207 Å². The summed E-state index contributed by atoms with van der Waals surface area (Å²) in [5.41, 5.74) is 6.00. The van der Waals surface area contributed by atoms with E-state index in [2.05, 4.69) is 10.6 Å². The number of hydrazine groups is 1. The number of rotatable bonds is 9. The van der Waals surface area contributed by atoms with E-state index in [4.69, 9.17) is 19.9 Å². The Bertz CT molecular complexity index is 1000. The van der Waals surface area contributed by atoms with Crippen LogP contribution in [0, 0.1) is 0 Å². The average Bonchev–Trinajstić information content (AvgIpc) is 3.64. The molecule has 14 heteroatoms. The van der Waals surface area contributed by atoms with Crippen molar-refractivity contribution in [2.45, 2.75) is 51.7 Å². The first-order chi connectivity index (χ1) is 17.0. The summed E-state index contributed by atoms with van der Waals surface area (Å²) in [6, 6.07) is 5.30. The number of ether oxygens (including phenoxy) is 3. The Hall–Kier alpha value is -4.20. The number of likely N-dealkylation sites (N-methyl/N-ethyl adjacent to an activating group) is 1. The van der Waals surface area contributed by atoms with Gasteiger partial charge in [0.05, 0.1) is 6.61 Å². The molecule has 1 fully saturated rings. The molecule has 196 valence electrons. The third-order valence-corrected chi connectivity index (χ3v) is 4.96. The number of nitrogens with two attached hydrogens (primary N) is 1. The van der Waals surface area contributed by atoms with Crippen LogP contribution in [0.1, 0.15) is 26.3 Å². The minimum Gasteiger partial charge on any atom is -0.464 e. The maximum Gasteiger partial charge on any atom is 0.408 e. The molecule has 0 saturated carbocycles. The molecule has 4 N–H and O–H groups in total. The zero-order valence-corrected chi connectivity index (χ0v) is 20.3. The molecule has 0 bridgehead atoms. The van der Waals surface area contributed by atoms with Crippen LogP contribution in [0.3, 0.4) is 0 Å². The molecule has 2 rings (SSSR count). The third-order valence-electron chi connectivity index (χ3n) is 4.96. The van der Waals surface area contributed by atoms with Crippen molar-refractivity contribution < 1.29 is 43.0 Å². The maximum atomic E-state index is 12.8. The molecule has 1 saturated heterocycles. The minimum atomic E-state index is -1.34. The molecule has 0 aliphatic carbocycles. The van der Waals surface area contributed by atoms with Gasteiger partial charge in [-0.15, -0.1) is 0 Å². The number of nitrogens with zero attached hydrogens (tertiary/aromatic N) is 2. The van der Waals surface area contributed by atoms with E-state index in [-0.39, 0.29) is 13.2 Å². The van der Waals surface area contributed by atoms with Crippen molar-refractivity contribution in [3.05, 3.63) is 35.9 Å². The van der Waals surface area contributed by atoms with E-state index in [9.17, 15) is 28.8 Å². The number of esters is 1. The van der Waals surface area contributed by atoms with Gasteiger partial charge in [0.25, 0.3) is 11.8 Å². The van der Waals surface area contributed by atoms with E-state index in [0.717, 1.165) is 12.6 Å². The molecule has 1 aromatic carbocycles. The molecular formula is C22H29N5O9. The molecule has 1 aliphatic heterocycles. The molecule has 0 aromatic heterocycles. The highest BCUT2D eigenvalue weighted by molar-refractivity contribution is 6.02. The van der Waals surface area contributed by atoms with Crippen LogP contribution in [0.4, 0.5) is 9.59 Å². The molecular weight excluding hydrogens is 478 g/mol. The lowest BCUT2D eigenvalue weighted by Gasteiger charge is -2.30. The van der Waals surface area contributed by atoms with Crippen LogP contribution in [0.5, 0.6) is 0 Å². The van der Waals surface area contributed by atoms with Crippen molar-refractivity contribution in [3.8, 4) is 0 Å². The number of hydrogen-bond acceptors (Lipinski definition) is 9. The summed E-state index contributed by atoms with van der Waals surface area (Å²) in [4.78, 5) is 73.3. The number of carbonyl (C=O) groups is 6. The number of benzene rings is 1. The van der Waals surface area contributed by atoms with Gasteiger partial charge in [-0.1, -0.05) is 30.3 Å². The lowest BCUT2D eigenvalue weighted by atomic mass is 10.2. The molecule has 1 heterocycles. The lowest BCUT2D eigenvalue weighted by molar-refractivity contribution is -0.156. The van der Waals surface area contributed by atoms with Crippen LogP contribution in [0.25, 0.3) is 0 Å². The number of epoxide rings is 1. The topological polar surface area (TPSA) is 190 Å². The summed E-state index contributed by atoms with van der Waals surface area (Å²) < 4.78 is 14.8. The third kappa shape index (κ3) is 7.40. The van der Waals surface area contributed by atoms with Crippen molar-refractivity contribution in [3.63, 3.8) is 0 Å². The van der Waals surface area contributed by atoms with Gasteiger partial charge in [0.15, 0.2) is 12.2 Å². The summed E-state index contributed by atoms with van der Waals surface area (Å²) in [6.07, 6.45) is -3.40. The van der Waals surface area contributed by atoms with Gasteiger partial charge in [-0.2, -0.15) is 5.01 Å². The summed E-state index contributed by atoms with van der Waals surface area (Å²) in [7, 11) is 1.08. The fraction of sp³-hybridized carbons (Fsp3) is 0.455. The number of imide groups is 1. The van der Waals surface area contributed by atoms with E-state index < -0.39 is 60.1 Å². The van der Waals surface area contributed by atoms with Gasteiger partial charge >= 0.3 is 18.1 Å². The second-order valence-corrected chi connectivity index (χ2v) is 7.74. The van der Waals surface area contributed by atoms with Crippen LogP contribution >= 0.6 is 0 Å². The molecule has 0 radical (unpaired) electrons. The average molecular weight is 508 g/mol. The first kappa shape index (κ1) is 28.0. The number of hydrogen-bond donors (Lipinski definition) is 3. The number of urea groups is 1. The van der Waals surface area contributed by atoms with Crippen LogP contribution < -0.4 is 16.4 Å². The Morgan fingerprint density at radius 3 is 2.22 bits per heavy atom. The fourth-order valence-corrected chi connectivity index (χ4v) is 3.01. The second-order valence-electron chi connectivity index (χ2n) is 7.74. The lowest BCUT2D eigenvalue weighted by Crippen LogP contribution is -2.59. The van der Waals surface area contributed by atoms with Crippen LogP contribution in [0.2, 0.25) is 0 Å². The van der Waals surface area contributed by atoms with Crippen molar-refractivity contribution >= 4 is 35.8 Å². The van der Waals surface area contributed by atoms with Gasteiger partial charge in [0, 0.05) is 7.05 Å². The largest absolute Gasteiger partial charge is 0.464 e. The van der Waals surface area contributed by atoms with Gasteiger partial charge < -0.3 is 30.6 Å². The van der Waals surface area contributed by atoms with Crippen molar-refractivity contribution in [2.24, 2.45) is 5.73 Å². The zero-order chi connectivity index (χ0) is 27.0. The Morgan fingerprint density at radius 2 is 1.64 bits per heavy atom. The molecule has 14 nitrogen and oxygen atoms in total. The van der Waals surface area contributed by atoms with Crippen molar-refractivity contribution in [1.29, 1.82) is 0 Å². The summed E-state index contributed by atoms with van der Waals surface area (Å²) in [5.74, 6) is -3.46. The van der Waals surface area contributed by atoms with Crippen molar-refractivity contribution in [2.75, 3.05) is 13.7 Å². The van der Waals surface area contributed by atoms with Gasteiger partial charge in [-0.05, 0) is 26.3 Å². The molecule has 36 heavy (non-hydrogen) atoms. The molecule has 0 unspecified atom stereocenters. The Kier molecular flexibility index (Phi) is 9.73. The quantitative estimate of drug-likeness (QED) is 0.223. The molecule has 0 spiro atoms. The Morgan fingerprint density at radius 1 is 1.00 bits per heavy atom. The minimum absolute atomic E-state index is 0.000587. The van der Waals surface area contributed by atoms with Crippen LogP contribution in [-0.2, 0) is 40.0 Å². The van der Waals surface area contributed by atoms with E-state index >= 15 is 0 Å². The summed E-state index contributed by atoms with van der Waals surface area (Å²) >= 11 is 0. The van der Waals surface area contributed by atoms with E-state index in [1.54, 1.807) is 31.2 Å². The monoisotopic (exact) mass is 507 g/mol. The second kappa shape index (κ2) is 12.5. The smallest absolute Gasteiger partial charge is 0.408 e. The number of alkyl carbamates (subject to hydrolysis) is 1. The number of carbonyl (C=O) groups excluding carboxylic acids is 6. The fourth-order valence-electron chi connectivity index (χ4n) is 3.01. The summed E-state index contributed by atoms with van der Waals surface area (Å²) in [5, 5.41) is 5.61. The number of primary amides is 1. The first-order valence-electron chi connectivity index (χ1n) is 11.0. The van der Waals surface area contributed by atoms with Crippen LogP contribution in [-0.4, -0.2) is 83.8 Å². The van der Waals surface area contributed by atoms with Gasteiger partial charge in [-0.3, -0.25) is 14.4 Å². The highest BCUT2D eigenvalue weighted by atomic mass is 16.6. The van der Waals surface area contributed by atoms with E-state index in [1.807, 2.05) is 6.07 Å². The zero-order valence-electron chi connectivity index (χ0n) is 20.3. The summed E-state index contributed by atoms with van der Waals surface area (Å²) in [6.45, 7) is 4.31. The highest BCUT2D eigenvalue weighted by Crippen LogP contribution is 2.26. The normalized spacial score (nSPS) is 17.6. The molecule has 1 aliphatic rings. The van der Waals surface area contributed by atoms with E-state index in [1.165, 1.54) is 13.8 Å². The van der Waals surface area contributed by atoms with Crippen LogP contribution in [0.15, 0.2) is 30.3 Å². The number of nitrogens with one attached hydrogen (secondary N) is 2. The highest BCUT2D eigenvalue weighted by Gasteiger charge is 2.55. The van der Waals surface area contributed by atoms with E-state index in [0.29, 0.717) is 10.0 Å². The van der Waals surface area contributed by atoms with Gasteiger partial charge in [0.1, 0.15) is 18.7 Å². The SMILES string of the molecule is CCOC(=O)[C@@H]1O[C@H]1C(=O)N(C(N)=O)N(C)C(=O)[C@H](C)NC(=O)[C@H](C)NC(=O)OCc1ccccc1. The molecule has 1 aromatic rings. The predicted molar refractivity (Wildman–Crippen MR) is 121 cm³/mol. The predicted octanol–water partition coefficient (Wildman–Crippen LogP) is -0.583. The Balaban J connectivity index is 1.89. The van der Waals surface area contributed by atoms with Gasteiger partial charge in [0.2, 0.25) is 5.91 Å². The first-order valence-corrected chi connectivity index (χ1v) is 11.0.